The highest BCUT2D eigenvalue weighted by Crippen LogP contribution is 2.35. The van der Waals surface area contributed by atoms with Gasteiger partial charge < -0.3 is 4.74 Å². The summed E-state index contributed by atoms with van der Waals surface area (Å²) in [5.41, 5.74) is -0.378. The highest BCUT2D eigenvalue weighted by Gasteiger charge is 2.38. The van der Waals surface area contributed by atoms with E-state index in [0.717, 1.165) is 6.42 Å². The van der Waals surface area contributed by atoms with Crippen LogP contribution in [0.25, 0.3) is 0 Å². The number of rotatable bonds is 6. The Balaban J connectivity index is 4.62. The number of carbonyl (C=O) groups excluding carboxylic acids is 1. The second-order valence-electron chi connectivity index (χ2n) is 5.06. The van der Waals surface area contributed by atoms with Crippen LogP contribution < -0.4 is 0 Å². The Kier molecular flexibility index (Phi) is 5.63. The first-order valence-electron chi connectivity index (χ1n) is 5.62. The van der Waals surface area contributed by atoms with E-state index in [2.05, 4.69) is 34.3 Å². The van der Waals surface area contributed by atoms with Gasteiger partial charge in [-0.25, -0.2) is 0 Å². The molecule has 0 aromatic rings. The summed E-state index contributed by atoms with van der Waals surface area (Å²) in [4.78, 5) is 11.9. The molecule has 0 aliphatic rings. The molecule has 0 aromatic carbocycles. The maximum atomic E-state index is 11.9. The van der Waals surface area contributed by atoms with E-state index in [9.17, 15) is 4.79 Å². The Morgan fingerprint density at radius 1 is 1.40 bits per heavy atom. The fourth-order valence-electron chi connectivity index (χ4n) is 1.70. The molecular weight excluding hydrogens is 188 g/mol. The van der Waals surface area contributed by atoms with Gasteiger partial charge in [-0.2, -0.15) is 0 Å². The lowest BCUT2D eigenvalue weighted by Gasteiger charge is -2.32. The minimum atomic E-state index is -0.378. The van der Waals surface area contributed by atoms with Crippen LogP contribution in [0.3, 0.4) is 0 Å². The normalized spacial score (nSPS) is 15.1. The van der Waals surface area contributed by atoms with Gasteiger partial charge in [0.25, 0.3) is 0 Å². The third-order valence-electron chi connectivity index (χ3n) is 2.91. The van der Waals surface area contributed by atoms with Crippen LogP contribution in [0.1, 0.15) is 41.0 Å². The SMILES string of the molecule is C=CCOC(=O)C(C)(CC(C)C)C(C)C. The van der Waals surface area contributed by atoms with Crippen LogP contribution in [0, 0.1) is 17.3 Å². The molecule has 0 aliphatic carbocycles. The van der Waals surface area contributed by atoms with Crippen molar-refractivity contribution in [1.29, 1.82) is 0 Å². The van der Waals surface area contributed by atoms with Gasteiger partial charge in [0.15, 0.2) is 0 Å². The van der Waals surface area contributed by atoms with Crippen molar-refractivity contribution in [2.75, 3.05) is 6.61 Å². The quantitative estimate of drug-likeness (QED) is 0.498. The van der Waals surface area contributed by atoms with E-state index in [1.807, 2.05) is 6.92 Å². The number of esters is 1. The largest absolute Gasteiger partial charge is 0.461 e. The van der Waals surface area contributed by atoms with E-state index in [-0.39, 0.29) is 17.3 Å². The molecule has 0 rings (SSSR count). The van der Waals surface area contributed by atoms with Crippen LogP contribution >= 0.6 is 0 Å². The summed E-state index contributed by atoms with van der Waals surface area (Å²) >= 11 is 0. The van der Waals surface area contributed by atoms with Crippen LogP contribution in [0.4, 0.5) is 0 Å². The molecule has 15 heavy (non-hydrogen) atoms. The zero-order valence-electron chi connectivity index (χ0n) is 10.7. The van der Waals surface area contributed by atoms with Gasteiger partial charge in [-0.05, 0) is 25.2 Å². The van der Waals surface area contributed by atoms with E-state index in [1.54, 1.807) is 6.08 Å². The molecule has 1 unspecified atom stereocenters. The summed E-state index contributed by atoms with van der Waals surface area (Å²) in [6.45, 7) is 14.2. The van der Waals surface area contributed by atoms with Gasteiger partial charge in [-0.3, -0.25) is 4.79 Å². The van der Waals surface area contributed by atoms with Gasteiger partial charge in [0.1, 0.15) is 6.61 Å². The topological polar surface area (TPSA) is 26.3 Å². The summed E-state index contributed by atoms with van der Waals surface area (Å²) in [5, 5.41) is 0. The fraction of sp³-hybridized carbons (Fsp3) is 0.769. The van der Waals surface area contributed by atoms with Crippen LogP contribution in [0.2, 0.25) is 0 Å². The molecule has 2 nitrogen and oxygen atoms in total. The third-order valence-corrected chi connectivity index (χ3v) is 2.91. The minimum absolute atomic E-state index is 0.105. The predicted octanol–water partition coefficient (Wildman–Crippen LogP) is 3.42. The molecular formula is C13H24O2. The summed E-state index contributed by atoms with van der Waals surface area (Å²) in [6.07, 6.45) is 2.47. The highest BCUT2D eigenvalue weighted by molar-refractivity contribution is 5.76. The summed E-state index contributed by atoms with van der Waals surface area (Å²) in [5.74, 6) is 0.678. The second kappa shape index (κ2) is 5.94. The second-order valence-corrected chi connectivity index (χ2v) is 5.06. The fourth-order valence-corrected chi connectivity index (χ4v) is 1.70. The third kappa shape index (κ3) is 4.06. The Morgan fingerprint density at radius 3 is 2.27 bits per heavy atom. The van der Waals surface area contributed by atoms with Crippen molar-refractivity contribution in [3.63, 3.8) is 0 Å². The molecule has 0 heterocycles. The Bertz CT molecular complexity index is 219. The van der Waals surface area contributed by atoms with Crippen molar-refractivity contribution in [1.82, 2.24) is 0 Å². The molecule has 2 heteroatoms. The van der Waals surface area contributed by atoms with E-state index in [0.29, 0.717) is 12.5 Å². The number of ether oxygens (including phenoxy) is 1. The van der Waals surface area contributed by atoms with Crippen LogP contribution in [-0.4, -0.2) is 12.6 Å². The molecule has 0 saturated carbocycles. The van der Waals surface area contributed by atoms with Crippen LogP contribution in [0.5, 0.6) is 0 Å². The van der Waals surface area contributed by atoms with Gasteiger partial charge in [0, 0.05) is 0 Å². The van der Waals surface area contributed by atoms with Crippen molar-refractivity contribution in [3.8, 4) is 0 Å². The van der Waals surface area contributed by atoms with E-state index in [1.165, 1.54) is 0 Å². The van der Waals surface area contributed by atoms with Gasteiger partial charge in [-0.15, -0.1) is 0 Å². The predicted molar refractivity (Wildman–Crippen MR) is 63.6 cm³/mol. The van der Waals surface area contributed by atoms with Crippen molar-refractivity contribution >= 4 is 5.97 Å². The van der Waals surface area contributed by atoms with Gasteiger partial charge in [0.2, 0.25) is 0 Å². The average Bonchev–Trinajstić information content (AvgIpc) is 2.12. The number of carbonyl (C=O) groups is 1. The lowest BCUT2D eigenvalue weighted by molar-refractivity contribution is -0.157. The van der Waals surface area contributed by atoms with Crippen molar-refractivity contribution in [2.45, 2.75) is 41.0 Å². The molecule has 0 amide bonds. The standard InChI is InChI=1S/C13H24O2/c1-7-8-15-12(14)13(6,11(4)5)9-10(2)3/h7,10-11H,1,8-9H2,2-6H3. The Morgan fingerprint density at radius 2 is 1.93 bits per heavy atom. The summed E-state index contributed by atoms with van der Waals surface area (Å²) < 4.78 is 5.16. The molecule has 0 aromatic heterocycles. The van der Waals surface area contributed by atoms with Crippen LogP contribution in [-0.2, 0) is 9.53 Å². The van der Waals surface area contributed by atoms with Crippen LogP contribution in [0.15, 0.2) is 12.7 Å². The Hall–Kier alpha value is -0.790. The Labute approximate surface area is 93.7 Å². The average molecular weight is 212 g/mol. The van der Waals surface area contributed by atoms with Crippen molar-refractivity contribution in [3.05, 3.63) is 12.7 Å². The molecule has 0 N–H and O–H groups in total. The van der Waals surface area contributed by atoms with Crippen molar-refractivity contribution in [2.24, 2.45) is 17.3 Å². The molecule has 0 radical (unpaired) electrons. The molecule has 88 valence electrons. The number of hydrogen-bond donors (Lipinski definition) is 0. The molecule has 0 fully saturated rings. The molecule has 0 spiro atoms. The maximum Gasteiger partial charge on any atom is 0.312 e. The lowest BCUT2D eigenvalue weighted by Crippen LogP contribution is -2.36. The van der Waals surface area contributed by atoms with Gasteiger partial charge in [-0.1, -0.05) is 40.3 Å². The van der Waals surface area contributed by atoms with Gasteiger partial charge in [0.05, 0.1) is 5.41 Å². The summed E-state index contributed by atoms with van der Waals surface area (Å²) in [6, 6.07) is 0. The van der Waals surface area contributed by atoms with Gasteiger partial charge >= 0.3 is 5.97 Å². The number of hydrogen-bond acceptors (Lipinski definition) is 2. The summed E-state index contributed by atoms with van der Waals surface area (Å²) in [7, 11) is 0. The maximum absolute atomic E-state index is 11.9. The lowest BCUT2D eigenvalue weighted by atomic mass is 9.73. The monoisotopic (exact) mass is 212 g/mol. The molecule has 0 aliphatic heterocycles. The first-order chi connectivity index (χ1) is 6.84. The zero-order chi connectivity index (χ0) is 12.1. The zero-order valence-corrected chi connectivity index (χ0v) is 10.7. The highest BCUT2D eigenvalue weighted by atomic mass is 16.5. The van der Waals surface area contributed by atoms with E-state index >= 15 is 0 Å². The van der Waals surface area contributed by atoms with E-state index < -0.39 is 0 Å². The molecule has 0 bridgehead atoms. The first-order valence-corrected chi connectivity index (χ1v) is 5.62. The van der Waals surface area contributed by atoms with Crippen molar-refractivity contribution < 1.29 is 9.53 Å². The first kappa shape index (κ1) is 14.2. The molecule has 1 atom stereocenters. The van der Waals surface area contributed by atoms with E-state index in [4.69, 9.17) is 4.74 Å². The molecule has 0 saturated heterocycles. The smallest absolute Gasteiger partial charge is 0.312 e. The minimum Gasteiger partial charge on any atom is -0.461 e.